The molecule has 0 aliphatic rings. The fourth-order valence-corrected chi connectivity index (χ4v) is 1.02. The molecule has 0 aromatic heterocycles. The molecule has 0 saturated carbocycles. The number of amides is 1. The van der Waals surface area contributed by atoms with E-state index in [1.54, 1.807) is 6.08 Å². The minimum atomic E-state index is -0.472. The molecule has 4 heteroatoms. The highest BCUT2D eigenvalue weighted by Gasteiger charge is 2.16. The Labute approximate surface area is 92.0 Å². The number of hydrogen-bond donors (Lipinski definition) is 2. The molecule has 0 saturated heterocycles. The van der Waals surface area contributed by atoms with Gasteiger partial charge in [0.15, 0.2) is 0 Å². The zero-order valence-electron chi connectivity index (χ0n) is 10.1. The Balaban J connectivity index is 3.83. The Kier molecular flexibility index (Phi) is 6.01. The number of hydrogen-bond acceptors (Lipinski definition) is 3. The molecule has 1 amide bonds. The van der Waals surface area contributed by atoms with Gasteiger partial charge in [0.05, 0.1) is 0 Å². The summed E-state index contributed by atoms with van der Waals surface area (Å²) in [4.78, 5) is 11.3. The first-order valence-corrected chi connectivity index (χ1v) is 5.26. The van der Waals surface area contributed by atoms with Gasteiger partial charge in [-0.3, -0.25) is 5.43 Å². The third-order valence-corrected chi connectivity index (χ3v) is 1.64. The van der Waals surface area contributed by atoms with E-state index in [-0.39, 0.29) is 6.04 Å². The molecule has 15 heavy (non-hydrogen) atoms. The van der Waals surface area contributed by atoms with Crippen molar-refractivity contribution in [1.82, 2.24) is 10.9 Å². The largest absolute Gasteiger partial charge is 0.443 e. The molecule has 0 rings (SSSR count). The SMILES string of the molecule is C=CC(CCC)NNC(=O)OC(C)(C)C. The van der Waals surface area contributed by atoms with Crippen LogP contribution in [0.2, 0.25) is 0 Å². The van der Waals surface area contributed by atoms with Gasteiger partial charge < -0.3 is 4.74 Å². The Hall–Kier alpha value is -1.03. The zero-order chi connectivity index (χ0) is 11.9. The smallest absolute Gasteiger partial charge is 0.422 e. The second-order valence-electron chi connectivity index (χ2n) is 4.40. The molecule has 0 radical (unpaired) electrons. The van der Waals surface area contributed by atoms with Gasteiger partial charge in [0, 0.05) is 6.04 Å². The molecule has 2 N–H and O–H groups in total. The molecule has 0 aromatic rings. The topological polar surface area (TPSA) is 50.4 Å². The van der Waals surface area contributed by atoms with Crippen LogP contribution >= 0.6 is 0 Å². The van der Waals surface area contributed by atoms with E-state index >= 15 is 0 Å². The van der Waals surface area contributed by atoms with Crippen LogP contribution in [0, 0.1) is 0 Å². The van der Waals surface area contributed by atoms with E-state index in [9.17, 15) is 4.79 Å². The Morgan fingerprint density at radius 2 is 2.13 bits per heavy atom. The fourth-order valence-electron chi connectivity index (χ4n) is 1.02. The predicted molar refractivity (Wildman–Crippen MR) is 61.4 cm³/mol. The summed E-state index contributed by atoms with van der Waals surface area (Å²) in [6.45, 7) is 11.2. The van der Waals surface area contributed by atoms with Gasteiger partial charge in [-0.15, -0.1) is 6.58 Å². The first kappa shape index (κ1) is 14.0. The fraction of sp³-hybridized carbons (Fsp3) is 0.727. The first-order chi connectivity index (χ1) is 6.89. The van der Waals surface area contributed by atoms with Gasteiger partial charge >= 0.3 is 6.09 Å². The van der Waals surface area contributed by atoms with E-state index in [0.717, 1.165) is 12.8 Å². The quantitative estimate of drug-likeness (QED) is 0.545. The molecule has 0 aromatic carbocycles. The molecule has 0 heterocycles. The molecule has 1 atom stereocenters. The minimum absolute atomic E-state index is 0.0857. The van der Waals surface area contributed by atoms with Crippen molar-refractivity contribution in [1.29, 1.82) is 0 Å². The molecule has 0 aliphatic carbocycles. The maximum atomic E-state index is 11.3. The highest BCUT2D eigenvalue weighted by Crippen LogP contribution is 2.06. The lowest BCUT2D eigenvalue weighted by molar-refractivity contribution is 0.0491. The van der Waals surface area contributed by atoms with Crippen molar-refractivity contribution in [2.45, 2.75) is 52.2 Å². The van der Waals surface area contributed by atoms with Gasteiger partial charge in [-0.1, -0.05) is 19.4 Å². The predicted octanol–water partition coefficient (Wildman–Crippen LogP) is 2.37. The van der Waals surface area contributed by atoms with Crippen LogP contribution in [0.4, 0.5) is 4.79 Å². The Bertz CT molecular complexity index is 209. The number of carbonyl (C=O) groups is 1. The van der Waals surface area contributed by atoms with Crippen LogP contribution in [-0.4, -0.2) is 17.7 Å². The van der Waals surface area contributed by atoms with Crippen LogP contribution in [0.1, 0.15) is 40.5 Å². The van der Waals surface area contributed by atoms with Gasteiger partial charge in [0.25, 0.3) is 0 Å². The first-order valence-electron chi connectivity index (χ1n) is 5.26. The summed E-state index contributed by atoms with van der Waals surface area (Å²) in [7, 11) is 0. The van der Waals surface area contributed by atoms with Crippen molar-refractivity contribution in [3.05, 3.63) is 12.7 Å². The lowest BCUT2D eigenvalue weighted by Crippen LogP contribution is -2.45. The van der Waals surface area contributed by atoms with Crippen molar-refractivity contribution in [2.24, 2.45) is 0 Å². The monoisotopic (exact) mass is 214 g/mol. The molecule has 0 fully saturated rings. The van der Waals surface area contributed by atoms with E-state index in [0.29, 0.717) is 0 Å². The summed E-state index contributed by atoms with van der Waals surface area (Å²) in [5.41, 5.74) is 4.87. The number of ether oxygens (including phenoxy) is 1. The lowest BCUT2D eigenvalue weighted by atomic mass is 10.2. The molecule has 0 spiro atoms. The normalized spacial score (nSPS) is 13.1. The summed E-state index contributed by atoms with van der Waals surface area (Å²) in [6.07, 6.45) is 3.25. The van der Waals surface area contributed by atoms with Crippen LogP contribution in [0.25, 0.3) is 0 Å². The van der Waals surface area contributed by atoms with E-state index in [4.69, 9.17) is 4.74 Å². The van der Waals surface area contributed by atoms with Crippen molar-refractivity contribution in [3.8, 4) is 0 Å². The Morgan fingerprint density at radius 3 is 2.53 bits per heavy atom. The third-order valence-electron chi connectivity index (χ3n) is 1.64. The standard InChI is InChI=1S/C11H22N2O2/c1-6-8-9(7-2)12-13-10(14)15-11(3,4)5/h7,9,12H,2,6,8H2,1,3-5H3,(H,13,14). The number of carbonyl (C=O) groups excluding carboxylic acids is 1. The van der Waals surface area contributed by atoms with Crippen LogP contribution in [0.5, 0.6) is 0 Å². The van der Waals surface area contributed by atoms with E-state index in [1.165, 1.54) is 0 Å². The van der Waals surface area contributed by atoms with Crippen LogP contribution in [0.3, 0.4) is 0 Å². The van der Waals surface area contributed by atoms with Gasteiger partial charge in [-0.25, -0.2) is 10.2 Å². The van der Waals surface area contributed by atoms with Crippen LogP contribution < -0.4 is 10.9 Å². The summed E-state index contributed by atoms with van der Waals surface area (Å²) < 4.78 is 5.06. The molecule has 0 aliphatic heterocycles. The molecule has 1 unspecified atom stereocenters. The third kappa shape index (κ3) is 8.00. The van der Waals surface area contributed by atoms with Crippen molar-refractivity contribution >= 4 is 6.09 Å². The van der Waals surface area contributed by atoms with Crippen molar-refractivity contribution < 1.29 is 9.53 Å². The average Bonchev–Trinajstić information content (AvgIpc) is 2.09. The maximum absolute atomic E-state index is 11.3. The maximum Gasteiger partial charge on any atom is 0.422 e. The Morgan fingerprint density at radius 1 is 1.53 bits per heavy atom. The van der Waals surface area contributed by atoms with Gasteiger partial charge in [-0.05, 0) is 27.2 Å². The minimum Gasteiger partial charge on any atom is -0.443 e. The summed E-state index contributed by atoms with van der Waals surface area (Å²) >= 11 is 0. The molecule has 88 valence electrons. The van der Waals surface area contributed by atoms with E-state index in [2.05, 4.69) is 24.4 Å². The summed E-state index contributed by atoms with van der Waals surface area (Å²) in [5.74, 6) is 0. The number of nitrogens with one attached hydrogen (secondary N) is 2. The average molecular weight is 214 g/mol. The van der Waals surface area contributed by atoms with Gasteiger partial charge in [0.1, 0.15) is 5.60 Å². The van der Waals surface area contributed by atoms with Crippen LogP contribution in [0.15, 0.2) is 12.7 Å². The highest BCUT2D eigenvalue weighted by molar-refractivity contribution is 5.67. The summed E-state index contributed by atoms with van der Waals surface area (Å²) in [5, 5.41) is 0. The van der Waals surface area contributed by atoms with E-state index in [1.807, 2.05) is 20.8 Å². The second-order valence-corrected chi connectivity index (χ2v) is 4.40. The van der Waals surface area contributed by atoms with Crippen molar-refractivity contribution in [2.75, 3.05) is 0 Å². The number of rotatable bonds is 5. The number of hydrazine groups is 1. The molecular formula is C11H22N2O2. The molecular weight excluding hydrogens is 192 g/mol. The lowest BCUT2D eigenvalue weighted by Gasteiger charge is -2.21. The van der Waals surface area contributed by atoms with Crippen LogP contribution in [-0.2, 0) is 4.74 Å². The molecule has 0 bridgehead atoms. The molecule has 4 nitrogen and oxygen atoms in total. The zero-order valence-corrected chi connectivity index (χ0v) is 10.1. The summed E-state index contributed by atoms with van der Waals surface area (Å²) in [6, 6.07) is 0.0857. The van der Waals surface area contributed by atoms with Crippen molar-refractivity contribution in [3.63, 3.8) is 0 Å². The highest BCUT2D eigenvalue weighted by atomic mass is 16.6. The van der Waals surface area contributed by atoms with Gasteiger partial charge in [-0.2, -0.15) is 0 Å². The second kappa shape index (κ2) is 6.45. The van der Waals surface area contributed by atoms with E-state index < -0.39 is 11.7 Å². The van der Waals surface area contributed by atoms with Gasteiger partial charge in [0.2, 0.25) is 0 Å².